The van der Waals surface area contributed by atoms with Gasteiger partial charge in [-0.05, 0) is 42.0 Å². The summed E-state index contributed by atoms with van der Waals surface area (Å²) in [6, 6.07) is 19.5. The highest BCUT2D eigenvalue weighted by Gasteiger charge is 2.43. The largest absolute Gasteiger partial charge is 0.489 e. The Labute approximate surface area is 235 Å². The van der Waals surface area contributed by atoms with Crippen molar-refractivity contribution in [2.75, 3.05) is 18.7 Å². The van der Waals surface area contributed by atoms with E-state index in [1.165, 1.54) is 4.90 Å². The predicted molar refractivity (Wildman–Crippen MR) is 145 cm³/mol. The van der Waals surface area contributed by atoms with Crippen molar-refractivity contribution < 1.29 is 33.7 Å². The number of nitrogens with one attached hydrogen (secondary N) is 1. The van der Waals surface area contributed by atoms with Crippen LogP contribution >= 0.6 is 23.2 Å². The van der Waals surface area contributed by atoms with Crippen LogP contribution in [0, 0.1) is 0 Å². The Hall–Kier alpha value is -3.63. The number of hydrogen-bond acceptors (Lipinski definition) is 6. The molecule has 1 aliphatic rings. The summed E-state index contributed by atoms with van der Waals surface area (Å²) in [4.78, 5) is 39.2. The fraction of sp³-hybridized carbons (Fsp3) is 0.250. The van der Waals surface area contributed by atoms with Gasteiger partial charge >= 0.3 is 5.97 Å². The van der Waals surface area contributed by atoms with E-state index in [4.69, 9.17) is 37.4 Å². The summed E-state index contributed by atoms with van der Waals surface area (Å²) in [5, 5.41) is 13.2. The lowest BCUT2D eigenvalue weighted by atomic mass is 10.0. The number of carboxylic acid groups (broad SMARTS) is 1. The first kappa shape index (κ1) is 28.4. The normalized spacial score (nSPS) is 17.3. The molecule has 0 aliphatic carbocycles. The van der Waals surface area contributed by atoms with Gasteiger partial charge in [0.2, 0.25) is 0 Å². The van der Waals surface area contributed by atoms with E-state index in [0.29, 0.717) is 32.6 Å². The number of para-hydroxylation sites is 1. The quantitative estimate of drug-likeness (QED) is 0.376. The molecule has 0 saturated carbocycles. The summed E-state index contributed by atoms with van der Waals surface area (Å²) in [6.07, 6.45) is -2.51. The number of carbonyl (C=O) groups is 3. The number of benzene rings is 3. The molecule has 1 aliphatic heterocycles. The molecule has 4 rings (SSSR count). The second-order valence-corrected chi connectivity index (χ2v) is 9.58. The van der Waals surface area contributed by atoms with Crippen LogP contribution in [-0.2, 0) is 36.9 Å². The molecule has 204 valence electrons. The lowest BCUT2D eigenvalue weighted by molar-refractivity contribution is -0.144. The number of halogens is 2. The molecule has 9 nitrogen and oxygen atoms in total. The zero-order valence-electron chi connectivity index (χ0n) is 20.9. The molecule has 3 aromatic rings. The highest BCUT2D eigenvalue weighted by Crippen LogP contribution is 2.26. The number of likely N-dealkylation sites (N-methyl/N-ethyl adjacent to an activating group) is 1. The average Bonchev–Trinajstić information content (AvgIpc) is 3.43. The molecule has 3 aromatic carbocycles. The fourth-order valence-electron chi connectivity index (χ4n) is 3.98. The molecule has 0 aromatic heterocycles. The minimum atomic E-state index is -1.29. The first-order chi connectivity index (χ1) is 18.7. The van der Waals surface area contributed by atoms with Crippen LogP contribution in [0.4, 0.5) is 5.69 Å². The SMILES string of the molecule is CN(C(=O)[C@@H]1OCO[C@H]1C(=O)N[C@@H](Cc1ccc(OCc2c(Cl)cccc2Cl)cc1)C(=O)O)c1ccccc1. The maximum Gasteiger partial charge on any atom is 0.326 e. The Morgan fingerprint density at radius 3 is 2.26 bits per heavy atom. The first-order valence-corrected chi connectivity index (χ1v) is 12.7. The highest BCUT2D eigenvalue weighted by molar-refractivity contribution is 6.35. The van der Waals surface area contributed by atoms with Crippen LogP contribution in [-0.4, -0.2) is 55.0 Å². The van der Waals surface area contributed by atoms with Crippen molar-refractivity contribution >= 4 is 46.7 Å². The average molecular weight is 573 g/mol. The third-order valence-electron chi connectivity index (χ3n) is 6.17. The Morgan fingerprint density at radius 2 is 1.62 bits per heavy atom. The van der Waals surface area contributed by atoms with Gasteiger partial charge in [0.05, 0.1) is 0 Å². The van der Waals surface area contributed by atoms with Crippen LogP contribution in [0.5, 0.6) is 5.75 Å². The van der Waals surface area contributed by atoms with Gasteiger partial charge in [-0.1, -0.05) is 59.6 Å². The molecule has 2 N–H and O–H groups in total. The zero-order valence-corrected chi connectivity index (χ0v) is 22.4. The smallest absolute Gasteiger partial charge is 0.326 e. The van der Waals surface area contributed by atoms with E-state index in [1.807, 2.05) is 6.07 Å². The van der Waals surface area contributed by atoms with E-state index >= 15 is 0 Å². The molecule has 1 saturated heterocycles. The minimum absolute atomic E-state index is 0.00615. The van der Waals surface area contributed by atoms with Crippen molar-refractivity contribution in [2.45, 2.75) is 31.3 Å². The van der Waals surface area contributed by atoms with E-state index in [9.17, 15) is 19.5 Å². The molecule has 0 bridgehead atoms. The third kappa shape index (κ3) is 7.07. The molecule has 0 spiro atoms. The van der Waals surface area contributed by atoms with Crippen molar-refractivity contribution in [1.29, 1.82) is 0 Å². The van der Waals surface area contributed by atoms with Gasteiger partial charge < -0.3 is 29.5 Å². The lowest BCUT2D eigenvalue weighted by Gasteiger charge is -2.24. The van der Waals surface area contributed by atoms with Crippen molar-refractivity contribution in [1.82, 2.24) is 5.32 Å². The molecule has 39 heavy (non-hydrogen) atoms. The minimum Gasteiger partial charge on any atom is -0.489 e. The lowest BCUT2D eigenvalue weighted by Crippen LogP contribution is -2.52. The number of anilines is 1. The summed E-state index contributed by atoms with van der Waals surface area (Å²) in [7, 11) is 1.56. The maximum absolute atomic E-state index is 13.0. The molecular formula is C28H26Cl2N2O7. The van der Waals surface area contributed by atoms with Crippen molar-refractivity contribution in [2.24, 2.45) is 0 Å². The summed E-state index contributed by atoms with van der Waals surface area (Å²) < 4.78 is 16.5. The summed E-state index contributed by atoms with van der Waals surface area (Å²) in [5.74, 6) is -1.94. The maximum atomic E-state index is 13.0. The van der Waals surface area contributed by atoms with E-state index in [2.05, 4.69) is 5.32 Å². The predicted octanol–water partition coefficient (Wildman–Crippen LogP) is 4.09. The van der Waals surface area contributed by atoms with Crippen LogP contribution in [0.2, 0.25) is 10.0 Å². The van der Waals surface area contributed by atoms with Crippen molar-refractivity contribution in [3.8, 4) is 5.75 Å². The monoisotopic (exact) mass is 572 g/mol. The number of aliphatic carboxylic acids is 1. The van der Waals surface area contributed by atoms with Gasteiger partial charge in [-0.3, -0.25) is 9.59 Å². The number of ether oxygens (including phenoxy) is 3. The van der Waals surface area contributed by atoms with E-state index in [1.54, 1.807) is 73.8 Å². The number of carboxylic acids is 1. The van der Waals surface area contributed by atoms with Crippen molar-refractivity contribution in [3.63, 3.8) is 0 Å². The van der Waals surface area contributed by atoms with Gasteiger partial charge in [0, 0.05) is 34.8 Å². The molecule has 0 unspecified atom stereocenters. The van der Waals surface area contributed by atoms with E-state index < -0.39 is 36.0 Å². The van der Waals surface area contributed by atoms with E-state index in [0.717, 1.165) is 0 Å². The molecule has 0 radical (unpaired) electrons. The number of amides is 2. The van der Waals surface area contributed by atoms with Crippen molar-refractivity contribution in [3.05, 3.63) is 94.0 Å². The molecule has 3 atom stereocenters. The summed E-state index contributed by atoms with van der Waals surface area (Å²) >= 11 is 12.3. The fourth-order valence-corrected chi connectivity index (χ4v) is 4.49. The second kappa shape index (κ2) is 12.9. The molecular weight excluding hydrogens is 547 g/mol. The van der Waals surface area contributed by atoms with Crippen LogP contribution in [0.1, 0.15) is 11.1 Å². The van der Waals surface area contributed by atoms with Gasteiger partial charge in [0.25, 0.3) is 11.8 Å². The van der Waals surface area contributed by atoms with Crippen LogP contribution in [0.15, 0.2) is 72.8 Å². The Kier molecular flexibility index (Phi) is 9.42. The van der Waals surface area contributed by atoms with Gasteiger partial charge in [0.15, 0.2) is 12.2 Å². The molecule has 1 fully saturated rings. The Bertz CT molecular complexity index is 1300. The Balaban J connectivity index is 1.36. The summed E-state index contributed by atoms with van der Waals surface area (Å²) in [6.45, 7) is -0.107. The third-order valence-corrected chi connectivity index (χ3v) is 6.88. The molecule has 2 amide bonds. The molecule has 11 heteroatoms. The number of nitrogens with zero attached hydrogens (tertiary/aromatic N) is 1. The van der Waals surface area contributed by atoms with Crippen LogP contribution < -0.4 is 15.0 Å². The van der Waals surface area contributed by atoms with Gasteiger partial charge in [-0.25, -0.2) is 4.79 Å². The summed E-state index contributed by atoms with van der Waals surface area (Å²) in [5.41, 5.74) is 1.91. The highest BCUT2D eigenvalue weighted by atomic mass is 35.5. The number of carbonyl (C=O) groups excluding carboxylic acids is 2. The van der Waals surface area contributed by atoms with E-state index in [-0.39, 0.29) is 19.8 Å². The zero-order chi connectivity index (χ0) is 27.9. The number of hydrogen-bond donors (Lipinski definition) is 2. The second-order valence-electron chi connectivity index (χ2n) is 8.76. The van der Waals surface area contributed by atoms with Crippen LogP contribution in [0.3, 0.4) is 0 Å². The Morgan fingerprint density at radius 1 is 0.974 bits per heavy atom. The standard InChI is InChI=1S/C28H26Cl2N2O7/c1-32(18-6-3-2-4-7-18)27(34)25-24(38-16-39-25)26(33)31-23(28(35)36)14-17-10-12-19(13-11-17)37-15-20-21(29)8-5-9-22(20)30/h2-13,23-25H,14-16H2,1H3,(H,31,33)(H,35,36)/t23-,24+,25+/m0/s1. The first-order valence-electron chi connectivity index (χ1n) is 12.0. The van der Waals surface area contributed by atoms with Crippen LogP contribution in [0.25, 0.3) is 0 Å². The van der Waals surface area contributed by atoms with Gasteiger partial charge in [0.1, 0.15) is 25.2 Å². The van der Waals surface area contributed by atoms with Gasteiger partial charge in [-0.15, -0.1) is 0 Å². The number of rotatable bonds is 10. The topological polar surface area (TPSA) is 114 Å². The molecule has 1 heterocycles. The van der Waals surface area contributed by atoms with Gasteiger partial charge in [-0.2, -0.15) is 0 Å².